The van der Waals surface area contributed by atoms with E-state index < -0.39 is 0 Å². The van der Waals surface area contributed by atoms with Crippen molar-refractivity contribution in [3.8, 4) is 0 Å². The lowest BCUT2D eigenvalue weighted by molar-refractivity contribution is 0.0923. The zero-order valence-corrected chi connectivity index (χ0v) is 10.3. The summed E-state index contributed by atoms with van der Waals surface area (Å²) in [5.74, 6) is 0.203. The van der Waals surface area contributed by atoms with Gasteiger partial charge >= 0.3 is 0 Å². The van der Waals surface area contributed by atoms with Crippen LogP contribution in [0.1, 0.15) is 42.2 Å². The van der Waals surface area contributed by atoms with Gasteiger partial charge in [0, 0.05) is 12.8 Å². The van der Waals surface area contributed by atoms with Crippen molar-refractivity contribution in [2.75, 3.05) is 13.2 Å². The number of ether oxygens (including phenoxy) is 1. The standard InChI is InChI=1S/C13H18N2O2/c1-9(2)11-4-3-6-14-12(11)13(16)15-10-5-7-17-8-10/h3-4,6,9-10H,5,7-8H2,1-2H3,(H,15,16)/t10-/m0/s1. The van der Waals surface area contributed by atoms with E-state index in [1.807, 2.05) is 12.1 Å². The van der Waals surface area contributed by atoms with E-state index in [-0.39, 0.29) is 11.9 Å². The summed E-state index contributed by atoms with van der Waals surface area (Å²) in [7, 11) is 0. The zero-order chi connectivity index (χ0) is 12.3. The summed E-state index contributed by atoms with van der Waals surface area (Å²) in [6.07, 6.45) is 2.54. The summed E-state index contributed by atoms with van der Waals surface area (Å²) < 4.78 is 5.24. The third-order valence-electron chi connectivity index (χ3n) is 2.94. The summed E-state index contributed by atoms with van der Waals surface area (Å²) in [5.41, 5.74) is 1.53. The van der Waals surface area contributed by atoms with Gasteiger partial charge in [-0.25, -0.2) is 0 Å². The van der Waals surface area contributed by atoms with Crippen molar-refractivity contribution >= 4 is 5.91 Å². The van der Waals surface area contributed by atoms with Crippen molar-refractivity contribution in [1.29, 1.82) is 0 Å². The maximum absolute atomic E-state index is 12.1. The third kappa shape index (κ3) is 2.82. The number of hydrogen-bond donors (Lipinski definition) is 1. The third-order valence-corrected chi connectivity index (χ3v) is 2.94. The molecule has 1 aliphatic heterocycles. The first-order valence-corrected chi connectivity index (χ1v) is 6.02. The summed E-state index contributed by atoms with van der Waals surface area (Å²) in [4.78, 5) is 16.3. The molecule has 0 radical (unpaired) electrons. The minimum atomic E-state index is -0.0928. The molecule has 92 valence electrons. The van der Waals surface area contributed by atoms with Gasteiger partial charge < -0.3 is 10.1 Å². The van der Waals surface area contributed by atoms with E-state index in [1.165, 1.54) is 0 Å². The summed E-state index contributed by atoms with van der Waals surface area (Å²) in [6, 6.07) is 3.95. The van der Waals surface area contributed by atoms with Gasteiger partial charge in [-0.1, -0.05) is 19.9 Å². The van der Waals surface area contributed by atoms with Gasteiger partial charge in [-0.15, -0.1) is 0 Å². The van der Waals surface area contributed by atoms with Crippen molar-refractivity contribution in [2.24, 2.45) is 0 Å². The number of nitrogens with one attached hydrogen (secondary N) is 1. The molecule has 0 aliphatic carbocycles. The van der Waals surface area contributed by atoms with E-state index >= 15 is 0 Å². The molecule has 0 spiro atoms. The molecule has 1 amide bonds. The molecule has 17 heavy (non-hydrogen) atoms. The van der Waals surface area contributed by atoms with E-state index in [1.54, 1.807) is 6.20 Å². The SMILES string of the molecule is CC(C)c1cccnc1C(=O)N[C@H]1CCOC1. The molecule has 1 fully saturated rings. The highest BCUT2D eigenvalue weighted by Gasteiger charge is 2.21. The number of nitrogens with zero attached hydrogens (tertiary/aromatic N) is 1. The highest BCUT2D eigenvalue weighted by Crippen LogP contribution is 2.17. The smallest absolute Gasteiger partial charge is 0.270 e. The molecule has 1 atom stereocenters. The van der Waals surface area contributed by atoms with Crippen LogP contribution in [0.2, 0.25) is 0 Å². The molecule has 0 saturated carbocycles. The number of carbonyl (C=O) groups excluding carboxylic acids is 1. The van der Waals surface area contributed by atoms with Crippen LogP contribution in [-0.4, -0.2) is 30.1 Å². The van der Waals surface area contributed by atoms with Crippen LogP contribution in [0.3, 0.4) is 0 Å². The van der Waals surface area contributed by atoms with Crippen molar-refractivity contribution in [2.45, 2.75) is 32.2 Å². The summed E-state index contributed by atoms with van der Waals surface area (Å²) >= 11 is 0. The lowest BCUT2D eigenvalue weighted by Crippen LogP contribution is -2.36. The predicted octanol–water partition coefficient (Wildman–Crippen LogP) is 1.72. The Labute approximate surface area is 101 Å². The summed E-state index contributed by atoms with van der Waals surface area (Å²) in [5, 5.41) is 2.96. The number of pyridine rings is 1. The number of hydrogen-bond acceptors (Lipinski definition) is 3. The Kier molecular flexibility index (Phi) is 3.74. The average molecular weight is 234 g/mol. The van der Waals surface area contributed by atoms with Gasteiger partial charge in [-0.05, 0) is 24.0 Å². The largest absolute Gasteiger partial charge is 0.379 e. The lowest BCUT2D eigenvalue weighted by atomic mass is 10.0. The fraction of sp³-hybridized carbons (Fsp3) is 0.538. The molecule has 1 N–H and O–H groups in total. The van der Waals surface area contributed by atoms with Crippen molar-refractivity contribution in [3.63, 3.8) is 0 Å². The van der Waals surface area contributed by atoms with Crippen molar-refractivity contribution < 1.29 is 9.53 Å². The predicted molar refractivity (Wildman–Crippen MR) is 65.0 cm³/mol. The van der Waals surface area contributed by atoms with Gasteiger partial charge in [0.15, 0.2) is 0 Å². The maximum atomic E-state index is 12.1. The lowest BCUT2D eigenvalue weighted by Gasteiger charge is -2.14. The van der Waals surface area contributed by atoms with Gasteiger partial charge in [0.1, 0.15) is 5.69 Å². The number of amides is 1. The highest BCUT2D eigenvalue weighted by atomic mass is 16.5. The Bertz CT molecular complexity index is 398. The molecule has 1 saturated heterocycles. The Morgan fingerprint density at radius 3 is 3.06 bits per heavy atom. The van der Waals surface area contributed by atoms with E-state index in [9.17, 15) is 4.79 Å². The van der Waals surface area contributed by atoms with Crippen LogP contribution in [0.25, 0.3) is 0 Å². The second-order valence-corrected chi connectivity index (χ2v) is 4.63. The molecule has 2 rings (SSSR count). The molecule has 0 unspecified atom stereocenters. The Hall–Kier alpha value is -1.42. The Morgan fingerprint density at radius 2 is 2.41 bits per heavy atom. The Morgan fingerprint density at radius 1 is 1.59 bits per heavy atom. The van der Waals surface area contributed by atoms with E-state index in [0.29, 0.717) is 18.2 Å². The van der Waals surface area contributed by atoms with Crippen LogP contribution < -0.4 is 5.32 Å². The quantitative estimate of drug-likeness (QED) is 0.866. The normalized spacial score (nSPS) is 19.6. The fourth-order valence-electron chi connectivity index (χ4n) is 1.98. The maximum Gasteiger partial charge on any atom is 0.270 e. The molecule has 0 aromatic carbocycles. The first kappa shape index (κ1) is 12.0. The number of carbonyl (C=O) groups is 1. The second-order valence-electron chi connectivity index (χ2n) is 4.63. The van der Waals surface area contributed by atoms with Crippen LogP contribution in [0, 0.1) is 0 Å². The van der Waals surface area contributed by atoms with Crippen LogP contribution in [0.15, 0.2) is 18.3 Å². The minimum absolute atomic E-state index is 0.0928. The van der Waals surface area contributed by atoms with Crippen LogP contribution in [0.5, 0.6) is 0 Å². The molecule has 1 aromatic rings. The fourth-order valence-corrected chi connectivity index (χ4v) is 1.98. The van der Waals surface area contributed by atoms with Crippen molar-refractivity contribution in [1.82, 2.24) is 10.3 Å². The minimum Gasteiger partial charge on any atom is -0.379 e. The van der Waals surface area contributed by atoms with Gasteiger partial charge in [0.05, 0.1) is 12.6 Å². The first-order valence-electron chi connectivity index (χ1n) is 6.02. The van der Waals surface area contributed by atoms with E-state index in [2.05, 4.69) is 24.1 Å². The van der Waals surface area contributed by atoms with Crippen LogP contribution in [0.4, 0.5) is 0 Å². The monoisotopic (exact) mass is 234 g/mol. The number of rotatable bonds is 3. The topological polar surface area (TPSA) is 51.2 Å². The van der Waals surface area contributed by atoms with Crippen LogP contribution >= 0.6 is 0 Å². The van der Waals surface area contributed by atoms with Gasteiger partial charge in [-0.2, -0.15) is 0 Å². The van der Waals surface area contributed by atoms with Gasteiger partial charge in [-0.3, -0.25) is 9.78 Å². The second kappa shape index (κ2) is 5.27. The highest BCUT2D eigenvalue weighted by molar-refractivity contribution is 5.94. The molecule has 2 heterocycles. The van der Waals surface area contributed by atoms with E-state index in [4.69, 9.17) is 4.74 Å². The summed E-state index contributed by atoms with van der Waals surface area (Å²) in [6.45, 7) is 5.46. The first-order chi connectivity index (χ1) is 8.18. The van der Waals surface area contributed by atoms with Gasteiger partial charge in [0.2, 0.25) is 0 Å². The molecule has 4 heteroatoms. The van der Waals surface area contributed by atoms with E-state index in [0.717, 1.165) is 18.6 Å². The molecular formula is C13H18N2O2. The molecular weight excluding hydrogens is 216 g/mol. The van der Waals surface area contributed by atoms with Gasteiger partial charge in [0.25, 0.3) is 5.91 Å². The molecule has 1 aliphatic rings. The van der Waals surface area contributed by atoms with Crippen LogP contribution in [-0.2, 0) is 4.74 Å². The molecule has 0 bridgehead atoms. The average Bonchev–Trinajstić information content (AvgIpc) is 2.81. The molecule has 4 nitrogen and oxygen atoms in total. The Balaban J connectivity index is 2.12. The zero-order valence-electron chi connectivity index (χ0n) is 10.3. The molecule has 1 aromatic heterocycles. The number of aromatic nitrogens is 1. The van der Waals surface area contributed by atoms with Crippen molar-refractivity contribution in [3.05, 3.63) is 29.6 Å².